The Bertz CT molecular complexity index is 947. The quantitative estimate of drug-likeness (QED) is 0.707. The Morgan fingerprint density at radius 1 is 1.29 bits per heavy atom. The molecule has 1 aliphatic rings. The first-order valence-corrected chi connectivity index (χ1v) is 10.7. The van der Waals surface area contributed by atoms with E-state index < -0.39 is 10.0 Å². The van der Waals surface area contributed by atoms with Crippen LogP contribution in [0.4, 0.5) is 5.69 Å². The van der Waals surface area contributed by atoms with Crippen LogP contribution in [0.15, 0.2) is 47.6 Å². The average molecular weight is 423 g/mol. The normalized spacial score (nSPS) is 14.5. The number of benzene rings is 1. The van der Waals surface area contributed by atoms with Gasteiger partial charge in [0.15, 0.2) is 0 Å². The third kappa shape index (κ3) is 5.08. The summed E-state index contributed by atoms with van der Waals surface area (Å²) in [6, 6.07) is 8.71. The second-order valence-electron chi connectivity index (χ2n) is 6.98. The molecule has 9 heteroatoms. The lowest BCUT2D eigenvalue weighted by Gasteiger charge is -2.21. The molecule has 1 aromatic heterocycles. The van der Waals surface area contributed by atoms with Crippen LogP contribution in [0.3, 0.4) is 0 Å². The number of sulfonamides is 1. The molecule has 1 N–H and O–H groups in total. The van der Waals surface area contributed by atoms with E-state index in [4.69, 9.17) is 11.6 Å². The van der Waals surface area contributed by atoms with Gasteiger partial charge in [0.05, 0.1) is 11.6 Å². The molecule has 7 nitrogen and oxygen atoms in total. The molecule has 0 spiro atoms. The number of pyridine rings is 1. The van der Waals surface area contributed by atoms with E-state index >= 15 is 0 Å². The SMILES string of the molecule is CN(C)S(=O)(=O)c1cc(NC(=O)CN(Cc2cccnc2)C2CC2)ccc1Cl. The summed E-state index contributed by atoms with van der Waals surface area (Å²) >= 11 is 6.05. The molecule has 1 amide bonds. The van der Waals surface area contributed by atoms with Crippen LogP contribution in [-0.2, 0) is 21.4 Å². The molecule has 0 unspecified atom stereocenters. The highest BCUT2D eigenvalue weighted by Gasteiger charge is 2.30. The molecule has 2 aromatic rings. The number of halogens is 1. The molecule has 150 valence electrons. The van der Waals surface area contributed by atoms with Crippen LogP contribution in [0.2, 0.25) is 5.02 Å². The van der Waals surface area contributed by atoms with E-state index in [2.05, 4.69) is 15.2 Å². The third-order valence-electron chi connectivity index (χ3n) is 4.49. The van der Waals surface area contributed by atoms with E-state index in [1.165, 1.54) is 26.2 Å². The van der Waals surface area contributed by atoms with E-state index in [1.807, 2.05) is 12.1 Å². The number of carbonyl (C=O) groups excluding carboxylic acids is 1. The maximum Gasteiger partial charge on any atom is 0.244 e. The van der Waals surface area contributed by atoms with Crippen LogP contribution in [-0.4, -0.2) is 55.2 Å². The Morgan fingerprint density at radius 2 is 2.04 bits per heavy atom. The van der Waals surface area contributed by atoms with Gasteiger partial charge in [0.2, 0.25) is 15.9 Å². The van der Waals surface area contributed by atoms with Crippen LogP contribution in [0.5, 0.6) is 0 Å². The van der Waals surface area contributed by atoms with Gasteiger partial charge in [-0.3, -0.25) is 14.7 Å². The van der Waals surface area contributed by atoms with E-state index in [-0.39, 0.29) is 22.4 Å². The predicted molar refractivity (Wildman–Crippen MR) is 109 cm³/mol. The molecule has 1 fully saturated rings. The number of hydrogen-bond donors (Lipinski definition) is 1. The van der Waals surface area contributed by atoms with Crippen molar-refractivity contribution in [2.75, 3.05) is 26.0 Å². The van der Waals surface area contributed by atoms with Crippen molar-refractivity contribution >= 4 is 33.2 Å². The van der Waals surface area contributed by atoms with E-state index in [0.29, 0.717) is 18.3 Å². The molecular formula is C19H23ClN4O3S. The molecule has 1 aromatic carbocycles. The summed E-state index contributed by atoms with van der Waals surface area (Å²) in [4.78, 5) is 18.8. The first kappa shape index (κ1) is 20.7. The zero-order chi connectivity index (χ0) is 20.3. The number of rotatable bonds is 8. The van der Waals surface area contributed by atoms with Crippen molar-refractivity contribution in [3.8, 4) is 0 Å². The molecule has 1 aliphatic carbocycles. The van der Waals surface area contributed by atoms with Gasteiger partial charge in [0, 0.05) is 44.8 Å². The molecule has 1 saturated carbocycles. The van der Waals surface area contributed by atoms with E-state index in [1.54, 1.807) is 18.5 Å². The first-order valence-electron chi connectivity index (χ1n) is 8.92. The number of hydrogen-bond acceptors (Lipinski definition) is 5. The van der Waals surface area contributed by atoms with Crippen LogP contribution in [0, 0.1) is 0 Å². The molecule has 0 atom stereocenters. The molecule has 0 bridgehead atoms. The highest BCUT2D eigenvalue weighted by molar-refractivity contribution is 7.89. The third-order valence-corrected chi connectivity index (χ3v) is 6.79. The maximum atomic E-state index is 12.6. The van der Waals surface area contributed by atoms with Crippen molar-refractivity contribution in [2.45, 2.75) is 30.3 Å². The molecule has 0 radical (unpaired) electrons. The van der Waals surface area contributed by atoms with Crippen molar-refractivity contribution in [1.29, 1.82) is 0 Å². The van der Waals surface area contributed by atoms with E-state index in [9.17, 15) is 13.2 Å². The smallest absolute Gasteiger partial charge is 0.244 e. The highest BCUT2D eigenvalue weighted by Crippen LogP contribution is 2.29. The molecule has 0 aliphatic heterocycles. The number of aromatic nitrogens is 1. The van der Waals surface area contributed by atoms with Crippen LogP contribution in [0.1, 0.15) is 18.4 Å². The average Bonchev–Trinajstić information content (AvgIpc) is 3.48. The van der Waals surface area contributed by atoms with Crippen LogP contribution < -0.4 is 5.32 Å². The summed E-state index contributed by atoms with van der Waals surface area (Å²) in [6.07, 6.45) is 5.65. The number of nitrogens with one attached hydrogen (secondary N) is 1. The largest absolute Gasteiger partial charge is 0.325 e. The number of anilines is 1. The fourth-order valence-electron chi connectivity index (χ4n) is 2.84. The summed E-state index contributed by atoms with van der Waals surface area (Å²) in [5, 5.41) is 2.90. The lowest BCUT2D eigenvalue weighted by molar-refractivity contribution is -0.117. The van der Waals surface area contributed by atoms with E-state index in [0.717, 1.165) is 22.7 Å². The van der Waals surface area contributed by atoms with Gasteiger partial charge >= 0.3 is 0 Å². The number of carbonyl (C=O) groups is 1. The Labute approximate surface area is 170 Å². The van der Waals surface area contributed by atoms with Crippen molar-refractivity contribution in [3.05, 3.63) is 53.3 Å². The zero-order valence-corrected chi connectivity index (χ0v) is 17.4. The Morgan fingerprint density at radius 3 is 2.64 bits per heavy atom. The fourth-order valence-corrected chi connectivity index (χ4v) is 4.23. The van der Waals surface area contributed by atoms with Gasteiger partial charge in [0.25, 0.3) is 0 Å². The summed E-state index contributed by atoms with van der Waals surface area (Å²) in [5.41, 5.74) is 1.44. The minimum absolute atomic E-state index is 0.0358. The fraction of sp³-hybridized carbons (Fsp3) is 0.368. The monoisotopic (exact) mass is 422 g/mol. The molecule has 1 heterocycles. The van der Waals surface area contributed by atoms with Gasteiger partial charge in [-0.25, -0.2) is 12.7 Å². The van der Waals surface area contributed by atoms with Gasteiger partial charge in [-0.15, -0.1) is 0 Å². The minimum atomic E-state index is -3.70. The van der Waals surface area contributed by atoms with Gasteiger partial charge in [-0.1, -0.05) is 17.7 Å². The van der Waals surface area contributed by atoms with Crippen LogP contribution in [0.25, 0.3) is 0 Å². The molecule has 28 heavy (non-hydrogen) atoms. The van der Waals surface area contributed by atoms with Crippen molar-refractivity contribution in [1.82, 2.24) is 14.2 Å². The van der Waals surface area contributed by atoms with Gasteiger partial charge in [-0.2, -0.15) is 0 Å². The minimum Gasteiger partial charge on any atom is -0.325 e. The molecule has 0 saturated heterocycles. The van der Waals surface area contributed by atoms with Crippen LogP contribution >= 0.6 is 11.6 Å². The van der Waals surface area contributed by atoms with Crippen molar-refractivity contribution in [3.63, 3.8) is 0 Å². The Hall–Kier alpha value is -2.00. The summed E-state index contributed by atoms with van der Waals surface area (Å²) in [7, 11) is -0.834. The van der Waals surface area contributed by atoms with Gasteiger partial charge < -0.3 is 5.32 Å². The molecular weight excluding hydrogens is 400 g/mol. The van der Waals surface area contributed by atoms with Gasteiger partial charge in [0.1, 0.15) is 4.90 Å². The second-order valence-corrected chi connectivity index (χ2v) is 9.51. The lowest BCUT2D eigenvalue weighted by Crippen LogP contribution is -2.34. The molecule has 3 rings (SSSR count). The summed E-state index contributed by atoms with van der Waals surface area (Å²) < 4.78 is 25.9. The first-order chi connectivity index (χ1) is 13.3. The van der Waals surface area contributed by atoms with Crippen molar-refractivity contribution < 1.29 is 13.2 Å². The lowest BCUT2D eigenvalue weighted by atomic mass is 10.2. The highest BCUT2D eigenvalue weighted by atomic mass is 35.5. The van der Waals surface area contributed by atoms with Gasteiger partial charge in [-0.05, 0) is 42.7 Å². The number of amides is 1. The predicted octanol–water partition coefficient (Wildman–Crippen LogP) is 2.59. The zero-order valence-electron chi connectivity index (χ0n) is 15.8. The van der Waals surface area contributed by atoms with Crippen molar-refractivity contribution in [2.24, 2.45) is 0 Å². The second kappa shape index (κ2) is 8.57. The Balaban J connectivity index is 1.70. The summed E-state index contributed by atoms with van der Waals surface area (Å²) in [5.74, 6) is -0.202. The standard InChI is InChI=1S/C19H23ClN4O3S/c1-23(2)28(26,27)18-10-15(5-8-17(18)20)22-19(25)13-24(16-6-7-16)12-14-4-3-9-21-11-14/h3-5,8-11,16H,6-7,12-13H2,1-2H3,(H,22,25). The Kier molecular flexibility index (Phi) is 6.34. The number of nitrogens with zero attached hydrogens (tertiary/aromatic N) is 3. The maximum absolute atomic E-state index is 12.6. The summed E-state index contributed by atoms with van der Waals surface area (Å²) in [6.45, 7) is 0.866. The topological polar surface area (TPSA) is 82.6 Å².